The second-order valence-corrected chi connectivity index (χ2v) is 4.36. The topological polar surface area (TPSA) is 102 Å². The number of carbonyl (C=O) groups excluding carboxylic acids is 2. The van der Waals surface area contributed by atoms with E-state index in [0.717, 1.165) is 0 Å². The summed E-state index contributed by atoms with van der Waals surface area (Å²) in [6.45, 7) is 2.10. The highest BCUT2D eigenvalue weighted by atomic mass is 16.3. The second kappa shape index (κ2) is 5.16. The zero-order valence-corrected chi connectivity index (χ0v) is 10.9. The number of pyridine rings is 1. The first-order valence-corrected chi connectivity index (χ1v) is 6.13. The highest BCUT2D eigenvalue weighted by Crippen LogP contribution is 2.26. The number of Topliss-reactive ketones (excluding diaryl/α,β-unsaturated/α-hetero) is 1. The Morgan fingerprint density at radius 1 is 1.30 bits per heavy atom. The van der Waals surface area contributed by atoms with E-state index in [1.54, 1.807) is 31.2 Å². The Bertz CT molecular complexity index is 762. The Labute approximate surface area is 114 Å². The Hall–Kier alpha value is -2.63. The van der Waals surface area contributed by atoms with Crippen LogP contribution < -0.4 is 11.3 Å². The van der Waals surface area contributed by atoms with Crippen LogP contribution in [0.25, 0.3) is 10.9 Å². The van der Waals surface area contributed by atoms with Gasteiger partial charge < -0.3 is 15.4 Å². The largest absolute Gasteiger partial charge is 0.506 e. The molecule has 2 aromatic rings. The van der Waals surface area contributed by atoms with Crippen LogP contribution in [0, 0.1) is 0 Å². The lowest BCUT2D eigenvalue weighted by molar-refractivity contribution is -0.117. The minimum atomic E-state index is -0.843. The molecule has 6 heteroatoms. The molecule has 0 atom stereocenters. The molecule has 6 nitrogen and oxygen atoms in total. The van der Waals surface area contributed by atoms with Crippen molar-refractivity contribution in [3.05, 3.63) is 40.2 Å². The number of nitrogens with two attached hydrogens (primary N) is 1. The molecule has 0 aliphatic heterocycles. The summed E-state index contributed by atoms with van der Waals surface area (Å²) in [4.78, 5) is 35.1. The maximum absolute atomic E-state index is 12.3. The van der Waals surface area contributed by atoms with Gasteiger partial charge in [-0.25, -0.2) is 0 Å². The minimum absolute atomic E-state index is 0.344. The fourth-order valence-corrected chi connectivity index (χ4v) is 2.20. The summed E-state index contributed by atoms with van der Waals surface area (Å²) in [6, 6.07) is 6.72. The molecule has 0 saturated carbocycles. The number of hydrogen-bond acceptors (Lipinski definition) is 4. The van der Waals surface area contributed by atoms with Crippen molar-refractivity contribution in [2.45, 2.75) is 19.9 Å². The van der Waals surface area contributed by atoms with Gasteiger partial charge in [0.15, 0.2) is 5.78 Å². The summed E-state index contributed by atoms with van der Waals surface area (Å²) in [7, 11) is 0. The van der Waals surface area contributed by atoms with Gasteiger partial charge in [-0.3, -0.25) is 14.4 Å². The first-order chi connectivity index (χ1) is 9.47. The summed E-state index contributed by atoms with van der Waals surface area (Å²) in [5, 5.41) is 10.5. The lowest BCUT2D eigenvalue weighted by Crippen LogP contribution is -2.28. The number of carbonyl (C=O) groups is 2. The van der Waals surface area contributed by atoms with Gasteiger partial charge in [0, 0.05) is 11.9 Å². The van der Waals surface area contributed by atoms with E-state index in [2.05, 4.69) is 0 Å². The van der Waals surface area contributed by atoms with Crippen molar-refractivity contribution in [3.8, 4) is 5.75 Å². The molecular weight excluding hydrogens is 260 g/mol. The van der Waals surface area contributed by atoms with E-state index in [4.69, 9.17) is 5.73 Å². The highest BCUT2D eigenvalue weighted by Gasteiger charge is 2.22. The average molecular weight is 274 g/mol. The highest BCUT2D eigenvalue weighted by molar-refractivity contribution is 6.10. The van der Waals surface area contributed by atoms with Gasteiger partial charge in [0.25, 0.3) is 5.56 Å². The van der Waals surface area contributed by atoms with E-state index in [-0.39, 0.29) is 5.56 Å². The number of benzene rings is 1. The average Bonchev–Trinajstić information content (AvgIpc) is 2.38. The van der Waals surface area contributed by atoms with E-state index in [0.29, 0.717) is 17.4 Å². The van der Waals surface area contributed by atoms with Gasteiger partial charge in [-0.15, -0.1) is 0 Å². The number of primary amides is 1. The second-order valence-electron chi connectivity index (χ2n) is 4.36. The molecule has 1 amide bonds. The molecule has 0 radical (unpaired) electrons. The number of fused-ring (bicyclic) bond motifs is 1. The summed E-state index contributed by atoms with van der Waals surface area (Å²) in [5.74, 6) is -2.01. The van der Waals surface area contributed by atoms with Crippen molar-refractivity contribution in [1.82, 2.24) is 4.57 Å². The number of nitrogens with zero attached hydrogens (tertiary/aromatic N) is 1. The first-order valence-electron chi connectivity index (χ1n) is 6.13. The van der Waals surface area contributed by atoms with Crippen molar-refractivity contribution in [3.63, 3.8) is 0 Å². The van der Waals surface area contributed by atoms with Crippen LogP contribution in [0.3, 0.4) is 0 Å². The van der Waals surface area contributed by atoms with Crippen LogP contribution in [0.1, 0.15) is 23.7 Å². The fourth-order valence-electron chi connectivity index (χ4n) is 2.20. The van der Waals surface area contributed by atoms with Gasteiger partial charge in [0.2, 0.25) is 5.91 Å². The molecule has 0 saturated heterocycles. The van der Waals surface area contributed by atoms with Crippen molar-refractivity contribution in [2.24, 2.45) is 5.73 Å². The number of ketones is 1. The number of aromatic nitrogens is 1. The van der Waals surface area contributed by atoms with Gasteiger partial charge in [0.05, 0.1) is 11.9 Å². The lowest BCUT2D eigenvalue weighted by atomic mass is 10.0. The third-order valence-electron chi connectivity index (χ3n) is 3.08. The van der Waals surface area contributed by atoms with Crippen LogP contribution in [0.5, 0.6) is 5.75 Å². The van der Waals surface area contributed by atoms with E-state index in [1.165, 1.54) is 4.57 Å². The van der Waals surface area contributed by atoms with E-state index in [9.17, 15) is 19.5 Å². The predicted octanol–water partition coefficient (Wildman–Crippen LogP) is 0.785. The zero-order valence-electron chi connectivity index (χ0n) is 10.9. The third kappa shape index (κ3) is 2.16. The molecule has 20 heavy (non-hydrogen) atoms. The van der Waals surface area contributed by atoms with Gasteiger partial charge in [-0.1, -0.05) is 12.1 Å². The van der Waals surface area contributed by atoms with Gasteiger partial charge in [-0.2, -0.15) is 0 Å². The monoisotopic (exact) mass is 274 g/mol. The van der Waals surface area contributed by atoms with Gasteiger partial charge >= 0.3 is 0 Å². The van der Waals surface area contributed by atoms with Crippen LogP contribution in [-0.2, 0) is 11.3 Å². The summed E-state index contributed by atoms with van der Waals surface area (Å²) < 4.78 is 1.38. The number of hydrogen-bond donors (Lipinski definition) is 2. The van der Waals surface area contributed by atoms with Crippen LogP contribution >= 0.6 is 0 Å². The van der Waals surface area contributed by atoms with E-state index < -0.39 is 29.4 Å². The maximum Gasteiger partial charge on any atom is 0.265 e. The molecular formula is C14H14N2O4. The van der Waals surface area contributed by atoms with Gasteiger partial charge in [-0.05, 0) is 19.1 Å². The molecule has 1 aromatic heterocycles. The third-order valence-corrected chi connectivity index (χ3v) is 3.08. The summed E-state index contributed by atoms with van der Waals surface area (Å²) in [6.07, 6.45) is -0.606. The molecule has 0 aliphatic carbocycles. The van der Waals surface area contributed by atoms with Crippen molar-refractivity contribution in [1.29, 1.82) is 0 Å². The Morgan fingerprint density at radius 2 is 1.95 bits per heavy atom. The normalized spacial score (nSPS) is 10.7. The molecule has 0 fully saturated rings. The number of amides is 1. The molecule has 0 aliphatic rings. The van der Waals surface area contributed by atoms with Crippen LogP contribution in [0.4, 0.5) is 0 Å². The SMILES string of the molecule is CCn1c(=O)c(C(=O)CC(N)=O)c(O)c2ccccc21. The molecule has 3 N–H and O–H groups in total. The maximum atomic E-state index is 12.3. The van der Waals surface area contributed by atoms with Crippen molar-refractivity contribution >= 4 is 22.6 Å². The van der Waals surface area contributed by atoms with Crippen LogP contribution in [-0.4, -0.2) is 21.4 Å². The number of aryl methyl sites for hydroxylation is 1. The number of para-hydroxylation sites is 1. The standard InChI is InChI=1S/C14H14N2O4/c1-2-16-9-6-4-3-5-8(9)13(19)12(14(16)20)10(17)7-11(15)18/h3-6,19H,2,7H2,1H3,(H2,15,18). The molecule has 1 aromatic carbocycles. The van der Waals surface area contributed by atoms with Crippen LogP contribution in [0.2, 0.25) is 0 Å². The van der Waals surface area contributed by atoms with Gasteiger partial charge in [0.1, 0.15) is 11.3 Å². The summed E-state index contributed by atoms with van der Waals surface area (Å²) >= 11 is 0. The molecule has 0 bridgehead atoms. The molecule has 104 valence electrons. The molecule has 2 rings (SSSR count). The quantitative estimate of drug-likeness (QED) is 0.635. The predicted molar refractivity (Wildman–Crippen MR) is 73.7 cm³/mol. The molecule has 0 spiro atoms. The number of aromatic hydroxyl groups is 1. The molecule has 1 heterocycles. The minimum Gasteiger partial charge on any atom is -0.506 e. The Morgan fingerprint density at radius 3 is 2.55 bits per heavy atom. The van der Waals surface area contributed by atoms with E-state index in [1.807, 2.05) is 0 Å². The summed E-state index contributed by atoms with van der Waals surface area (Å²) in [5.41, 5.74) is 4.50. The first kappa shape index (κ1) is 13.8. The van der Waals surface area contributed by atoms with Crippen molar-refractivity contribution in [2.75, 3.05) is 0 Å². The Kier molecular flexibility index (Phi) is 3.56. The lowest BCUT2D eigenvalue weighted by Gasteiger charge is -2.12. The smallest absolute Gasteiger partial charge is 0.265 e. The zero-order chi connectivity index (χ0) is 14.9. The number of rotatable bonds is 4. The molecule has 0 unspecified atom stereocenters. The fraction of sp³-hybridized carbons (Fsp3) is 0.214. The van der Waals surface area contributed by atoms with E-state index >= 15 is 0 Å². The van der Waals surface area contributed by atoms with Crippen molar-refractivity contribution < 1.29 is 14.7 Å². The van der Waals surface area contributed by atoms with Crippen LogP contribution in [0.15, 0.2) is 29.1 Å². The Balaban J connectivity index is 2.82.